The molecule has 1 rings (SSSR count). The SMILES string of the molecule is O=C([S])c1cccs1. The molecule has 0 aliphatic rings. The second-order valence-electron chi connectivity index (χ2n) is 1.26. The number of rotatable bonds is 1. The highest BCUT2D eigenvalue weighted by Crippen LogP contribution is 2.09. The van der Waals surface area contributed by atoms with Gasteiger partial charge < -0.3 is 0 Å². The van der Waals surface area contributed by atoms with Crippen LogP contribution >= 0.6 is 24.0 Å². The fourth-order valence-corrected chi connectivity index (χ4v) is 1.16. The van der Waals surface area contributed by atoms with Crippen molar-refractivity contribution in [1.82, 2.24) is 0 Å². The van der Waals surface area contributed by atoms with Gasteiger partial charge in [0.15, 0.2) is 0 Å². The molecule has 0 amide bonds. The Balaban J connectivity index is 2.93. The minimum Gasteiger partial charge on any atom is -0.275 e. The maximum Gasteiger partial charge on any atom is 0.259 e. The van der Waals surface area contributed by atoms with E-state index >= 15 is 0 Å². The van der Waals surface area contributed by atoms with Gasteiger partial charge in [-0.3, -0.25) is 4.79 Å². The second-order valence-corrected chi connectivity index (χ2v) is 2.58. The summed E-state index contributed by atoms with van der Waals surface area (Å²) in [4.78, 5) is 11.0. The Morgan fingerprint density at radius 2 is 2.50 bits per heavy atom. The minimum atomic E-state index is -0.264. The molecule has 41 valence electrons. The lowest BCUT2D eigenvalue weighted by Gasteiger charge is -1.76. The van der Waals surface area contributed by atoms with E-state index in [0.29, 0.717) is 4.88 Å². The molecular weight excluding hydrogens is 140 g/mol. The normalized spacial score (nSPS) is 9.00. The first-order valence-corrected chi connectivity index (χ1v) is 3.34. The standard InChI is InChI=1S/C5H3OS2/c6-5(7)4-2-1-3-8-4/h1-3H. The van der Waals surface area contributed by atoms with Gasteiger partial charge in [0.05, 0.1) is 4.88 Å². The lowest BCUT2D eigenvalue weighted by atomic mass is 10.5. The van der Waals surface area contributed by atoms with Gasteiger partial charge in [-0.2, -0.15) is 0 Å². The van der Waals surface area contributed by atoms with E-state index in [-0.39, 0.29) is 5.12 Å². The van der Waals surface area contributed by atoms with Crippen LogP contribution in [0.1, 0.15) is 9.67 Å². The molecule has 0 aliphatic carbocycles. The fourth-order valence-electron chi connectivity index (χ4n) is 0.395. The number of hydrogen-bond acceptors (Lipinski definition) is 2. The zero-order valence-electron chi connectivity index (χ0n) is 3.96. The van der Waals surface area contributed by atoms with Crippen molar-refractivity contribution in [3.05, 3.63) is 22.4 Å². The van der Waals surface area contributed by atoms with E-state index in [0.717, 1.165) is 0 Å². The summed E-state index contributed by atoms with van der Waals surface area (Å²) in [5.41, 5.74) is 0. The molecule has 0 saturated heterocycles. The fraction of sp³-hybridized carbons (Fsp3) is 0. The van der Waals surface area contributed by atoms with Crippen LogP contribution < -0.4 is 0 Å². The van der Waals surface area contributed by atoms with Gasteiger partial charge in [0, 0.05) is 0 Å². The van der Waals surface area contributed by atoms with Crippen molar-refractivity contribution in [2.45, 2.75) is 0 Å². The quantitative estimate of drug-likeness (QED) is 0.588. The molecule has 3 heteroatoms. The summed E-state index contributed by atoms with van der Waals surface area (Å²) in [5.74, 6) is 0. The summed E-state index contributed by atoms with van der Waals surface area (Å²) in [6.45, 7) is 0. The van der Waals surface area contributed by atoms with Crippen LogP contribution in [0.3, 0.4) is 0 Å². The van der Waals surface area contributed by atoms with Crippen molar-refractivity contribution in [3.8, 4) is 0 Å². The molecule has 8 heavy (non-hydrogen) atoms. The van der Waals surface area contributed by atoms with Crippen LogP contribution in [0.5, 0.6) is 0 Å². The van der Waals surface area contributed by atoms with Crippen LogP contribution in [0, 0.1) is 0 Å². The molecule has 1 heterocycles. The van der Waals surface area contributed by atoms with Crippen molar-refractivity contribution in [3.63, 3.8) is 0 Å². The molecule has 0 saturated carbocycles. The molecule has 0 aliphatic heterocycles. The van der Waals surface area contributed by atoms with E-state index in [4.69, 9.17) is 0 Å². The lowest BCUT2D eigenvalue weighted by molar-refractivity contribution is 0.109. The molecule has 0 fully saturated rings. The maximum atomic E-state index is 10.3. The van der Waals surface area contributed by atoms with Crippen molar-refractivity contribution < 1.29 is 4.79 Å². The molecule has 0 bridgehead atoms. The highest BCUT2D eigenvalue weighted by Gasteiger charge is 1.98. The van der Waals surface area contributed by atoms with E-state index in [9.17, 15) is 4.79 Å². The monoisotopic (exact) mass is 143 g/mol. The minimum absolute atomic E-state index is 0.264. The Morgan fingerprint density at radius 3 is 2.75 bits per heavy atom. The summed E-state index contributed by atoms with van der Waals surface area (Å²) in [5, 5.41) is 1.57. The lowest BCUT2D eigenvalue weighted by Crippen LogP contribution is -1.78. The first kappa shape index (κ1) is 5.72. The third-order valence-corrected chi connectivity index (χ3v) is 1.94. The summed E-state index contributed by atoms with van der Waals surface area (Å²) in [6.07, 6.45) is 0. The van der Waals surface area contributed by atoms with E-state index in [1.807, 2.05) is 11.4 Å². The van der Waals surface area contributed by atoms with Crippen LogP contribution in [0.15, 0.2) is 17.5 Å². The Morgan fingerprint density at radius 1 is 1.75 bits per heavy atom. The molecule has 0 aromatic carbocycles. The van der Waals surface area contributed by atoms with Crippen LogP contribution in [0.4, 0.5) is 0 Å². The summed E-state index contributed by atoms with van der Waals surface area (Å²) in [6, 6.07) is 3.53. The Labute approximate surface area is 56.8 Å². The summed E-state index contributed by atoms with van der Waals surface area (Å²) < 4.78 is 0. The maximum absolute atomic E-state index is 10.3. The van der Waals surface area contributed by atoms with Gasteiger partial charge in [0.1, 0.15) is 0 Å². The first-order chi connectivity index (χ1) is 3.80. The zero-order valence-corrected chi connectivity index (χ0v) is 5.59. The summed E-state index contributed by atoms with van der Waals surface area (Å²) in [7, 11) is 0. The van der Waals surface area contributed by atoms with Gasteiger partial charge in [-0.15, -0.1) is 11.3 Å². The molecule has 0 atom stereocenters. The largest absolute Gasteiger partial charge is 0.275 e. The average molecular weight is 143 g/mol. The van der Waals surface area contributed by atoms with Gasteiger partial charge in [0.2, 0.25) is 0 Å². The first-order valence-electron chi connectivity index (χ1n) is 2.05. The number of carbonyl (C=O) groups excluding carboxylic acids is 1. The molecule has 1 nitrogen and oxygen atoms in total. The zero-order chi connectivity index (χ0) is 5.98. The van der Waals surface area contributed by atoms with E-state index < -0.39 is 0 Å². The number of carbonyl (C=O) groups is 1. The second kappa shape index (κ2) is 2.24. The Bertz CT molecular complexity index is 178. The molecule has 0 spiro atoms. The Hall–Kier alpha value is -0.410. The van der Waals surface area contributed by atoms with Gasteiger partial charge in [0.25, 0.3) is 5.12 Å². The highest BCUT2D eigenvalue weighted by molar-refractivity contribution is 7.97. The predicted octanol–water partition coefficient (Wildman–Crippen LogP) is 2.09. The smallest absolute Gasteiger partial charge is 0.259 e. The van der Waals surface area contributed by atoms with Crippen molar-refractivity contribution in [1.29, 1.82) is 0 Å². The molecule has 1 aromatic heterocycles. The molecule has 1 radical (unpaired) electrons. The number of thiophene rings is 1. The molecular formula is C5H3OS2. The van der Waals surface area contributed by atoms with Gasteiger partial charge in [-0.1, -0.05) is 6.07 Å². The summed E-state index contributed by atoms with van der Waals surface area (Å²) >= 11 is 5.75. The third-order valence-electron chi connectivity index (χ3n) is 0.722. The van der Waals surface area contributed by atoms with Gasteiger partial charge in [-0.25, -0.2) is 0 Å². The van der Waals surface area contributed by atoms with Gasteiger partial charge >= 0.3 is 0 Å². The van der Waals surface area contributed by atoms with Crippen molar-refractivity contribution in [2.75, 3.05) is 0 Å². The average Bonchev–Trinajstić information content (AvgIpc) is 2.12. The van der Waals surface area contributed by atoms with Gasteiger partial charge in [-0.05, 0) is 24.1 Å². The number of hydrogen-bond donors (Lipinski definition) is 0. The predicted molar refractivity (Wildman–Crippen MR) is 36.2 cm³/mol. The highest BCUT2D eigenvalue weighted by atomic mass is 32.1. The Kier molecular flexibility index (Phi) is 1.60. The molecule has 0 unspecified atom stereocenters. The van der Waals surface area contributed by atoms with Crippen molar-refractivity contribution >= 4 is 29.1 Å². The van der Waals surface area contributed by atoms with Crippen LogP contribution in [-0.2, 0) is 0 Å². The van der Waals surface area contributed by atoms with Crippen LogP contribution in [-0.4, -0.2) is 5.12 Å². The molecule has 0 N–H and O–H groups in total. The van der Waals surface area contributed by atoms with Crippen molar-refractivity contribution in [2.24, 2.45) is 0 Å². The van der Waals surface area contributed by atoms with Crippen LogP contribution in [0.25, 0.3) is 0 Å². The van der Waals surface area contributed by atoms with E-state index in [1.54, 1.807) is 6.07 Å². The third kappa shape index (κ3) is 1.05. The van der Waals surface area contributed by atoms with E-state index in [1.165, 1.54) is 11.3 Å². The van der Waals surface area contributed by atoms with Crippen LogP contribution in [0.2, 0.25) is 0 Å². The van der Waals surface area contributed by atoms with E-state index in [2.05, 4.69) is 12.6 Å². The molecule has 1 aromatic rings. The topological polar surface area (TPSA) is 17.1 Å².